The SMILES string of the molecule is CC(=O)Nc1ccc(NC(=O)CN2C(=O)COc3ccc(C(=O)N(C)C)cc32)cc1. The summed E-state index contributed by atoms with van der Waals surface area (Å²) in [4.78, 5) is 51.0. The molecule has 0 atom stereocenters. The number of anilines is 3. The number of hydrogen-bond donors (Lipinski definition) is 2. The first kappa shape index (κ1) is 20.8. The van der Waals surface area contributed by atoms with Crippen LogP contribution in [0.25, 0.3) is 0 Å². The van der Waals surface area contributed by atoms with Crippen LogP contribution < -0.4 is 20.3 Å². The lowest BCUT2D eigenvalue weighted by Crippen LogP contribution is -2.43. The molecule has 0 fully saturated rings. The highest BCUT2D eigenvalue weighted by Gasteiger charge is 2.28. The van der Waals surface area contributed by atoms with Gasteiger partial charge in [0.05, 0.1) is 5.69 Å². The molecule has 2 aromatic rings. The van der Waals surface area contributed by atoms with E-state index in [4.69, 9.17) is 4.74 Å². The van der Waals surface area contributed by atoms with Crippen LogP contribution in [0.2, 0.25) is 0 Å². The summed E-state index contributed by atoms with van der Waals surface area (Å²) in [5.74, 6) is -0.777. The number of rotatable bonds is 5. The molecule has 0 bridgehead atoms. The van der Waals surface area contributed by atoms with Gasteiger partial charge in [-0.05, 0) is 42.5 Å². The Morgan fingerprint density at radius 1 is 1.03 bits per heavy atom. The van der Waals surface area contributed by atoms with Gasteiger partial charge >= 0.3 is 0 Å². The summed E-state index contributed by atoms with van der Waals surface area (Å²) < 4.78 is 5.42. The number of benzene rings is 2. The van der Waals surface area contributed by atoms with Gasteiger partial charge in [0, 0.05) is 38.0 Å². The number of carbonyl (C=O) groups is 4. The second-order valence-electron chi connectivity index (χ2n) is 6.96. The average Bonchev–Trinajstić information content (AvgIpc) is 2.70. The molecule has 3 rings (SSSR count). The molecule has 30 heavy (non-hydrogen) atoms. The first-order chi connectivity index (χ1) is 14.2. The van der Waals surface area contributed by atoms with E-state index < -0.39 is 5.91 Å². The summed E-state index contributed by atoms with van der Waals surface area (Å²) in [6.45, 7) is 0.985. The molecule has 2 N–H and O–H groups in total. The molecule has 1 aliphatic heterocycles. The molecule has 9 nitrogen and oxygen atoms in total. The Balaban J connectivity index is 1.75. The lowest BCUT2D eigenvalue weighted by Gasteiger charge is -2.29. The zero-order valence-electron chi connectivity index (χ0n) is 16.9. The number of hydrogen-bond acceptors (Lipinski definition) is 5. The lowest BCUT2D eigenvalue weighted by molar-refractivity contribution is -0.123. The highest BCUT2D eigenvalue weighted by molar-refractivity contribution is 6.06. The Labute approximate surface area is 173 Å². The number of ether oxygens (including phenoxy) is 1. The van der Waals surface area contributed by atoms with Crippen molar-refractivity contribution in [2.24, 2.45) is 0 Å². The van der Waals surface area contributed by atoms with Gasteiger partial charge in [-0.2, -0.15) is 0 Å². The number of nitrogens with one attached hydrogen (secondary N) is 2. The van der Waals surface area contributed by atoms with Crippen LogP contribution in [0.3, 0.4) is 0 Å². The molecule has 0 unspecified atom stereocenters. The maximum absolute atomic E-state index is 12.5. The quantitative estimate of drug-likeness (QED) is 0.780. The van der Waals surface area contributed by atoms with Crippen molar-refractivity contribution in [1.82, 2.24) is 4.90 Å². The molecular weight excluding hydrogens is 388 g/mol. The van der Waals surface area contributed by atoms with Crippen LogP contribution in [-0.2, 0) is 14.4 Å². The zero-order valence-corrected chi connectivity index (χ0v) is 16.9. The molecular formula is C21H22N4O5. The van der Waals surface area contributed by atoms with Gasteiger partial charge in [-0.25, -0.2) is 0 Å². The van der Waals surface area contributed by atoms with Gasteiger partial charge in [-0.1, -0.05) is 0 Å². The van der Waals surface area contributed by atoms with Crippen LogP contribution in [0.5, 0.6) is 5.75 Å². The zero-order chi connectivity index (χ0) is 21.8. The van der Waals surface area contributed by atoms with Crippen molar-refractivity contribution in [3.05, 3.63) is 48.0 Å². The van der Waals surface area contributed by atoms with Crippen LogP contribution in [0.15, 0.2) is 42.5 Å². The van der Waals surface area contributed by atoms with E-state index in [0.717, 1.165) is 0 Å². The molecule has 0 saturated heterocycles. The summed E-state index contributed by atoms with van der Waals surface area (Å²) in [5, 5.41) is 5.36. The highest BCUT2D eigenvalue weighted by atomic mass is 16.5. The summed E-state index contributed by atoms with van der Waals surface area (Å²) >= 11 is 0. The van der Waals surface area contributed by atoms with Gasteiger partial charge in [-0.3, -0.25) is 24.1 Å². The second kappa shape index (κ2) is 8.64. The smallest absolute Gasteiger partial charge is 0.265 e. The molecule has 0 saturated carbocycles. The van der Waals surface area contributed by atoms with Crippen LogP contribution in [0.1, 0.15) is 17.3 Å². The topological polar surface area (TPSA) is 108 Å². The Morgan fingerprint density at radius 2 is 1.67 bits per heavy atom. The van der Waals surface area contributed by atoms with E-state index in [1.807, 2.05) is 0 Å². The number of fused-ring (bicyclic) bond motifs is 1. The standard InChI is InChI=1S/C21H22N4O5/c1-13(26)22-15-5-7-16(8-6-15)23-19(27)11-25-17-10-14(21(29)24(2)3)4-9-18(17)30-12-20(25)28/h4-10H,11-12H2,1-3H3,(H,22,26)(H,23,27). The third kappa shape index (κ3) is 4.75. The monoisotopic (exact) mass is 410 g/mol. The number of amides is 4. The molecule has 1 heterocycles. The Hall–Kier alpha value is -3.88. The van der Waals surface area contributed by atoms with Gasteiger partial charge in [0.1, 0.15) is 12.3 Å². The average molecular weight is 410 g/mol. The van der Waals surface area contributed by atoms with Crippen LogP contribution in [0, 0.1) is 0 Å². The van der Waals surface area contributed by atoms with E-state index in [0.29, 0.717) is 28.4 Å². The van der Waals surface area contributed by atoms with E-state index in [-0.39, 0.29) is 30.9 Å². The van der Waals surface area contributed by atoms with E-state index in [1.54, 1.807) is 56.6 Å². The summed E-state index contributed by atoms with van der Waals surface area (Å²) in [7, 11) is 3.26. The van der Waals surface area contributed by atoms with E-state index in [2.05, 4.69) is 10.6 Å². The summed E-state index contributed by atoms with van der Waals surface area (Å²) in [5.41, 5.74) is 1.88. The largest absolute Gasteiger partial charge is 0.482 e. The highest BCUT2D eigenvalue weighted by Crippen LogP contribution is 2.33. The molecule has 0 aromatic heterocycles. The molecule has 0 spiro atoms. The van der Waals surface area contributed by atoms with Crippen molar-refractivity contribution in [3.8, 4) is 5.75 Å². The normalized spacial score (nSPS) is 12.5. The van der Waals surface area contributed by atoms with Gasteiger partial charge in [0.2, 0.25) is 11.8 Å². The fraction of sp³-hybridized carbons (Fsp3) is 0.238. The van der Waals surface area contributed by atoms with Crippen LogP contribution >= 0.6 is 0 Å². The van der Waals surface area contributed by atoms with Gasteiger partial charge in [0.25, 0.3) is 11.8 Å². The predicted molar refractivity (Wildman–Crippen MR) is 112 cm³/mol. The van der Waals surface area contributed by atoms with Crippen molar-refractivity contribution < 1.29 is 23.9 Å². The first-order valence-corrected chi connectivity index (χ1v) is 9.21. The maximum atomic E-state index is 12.5. The fourth-order valence-corrected chi connectivity index (χ4v) is 2.95. The van der Waals surface area contributed by atoms with Crippen molar-refractivity contribution in [2.75, 3.05) is 42.8 Å². The first-order valence-electron chi connectivity index (χ1n) is 9.21. The Bertz CT molecular complexity index is 1000. The third-order valence-electron chi connectivity index (χ3n) is 4.35. The van der Waals surface area contributed by atoms with Crippen molar-refractivity contribution in [2.45, 2.75) is 6.92 Å². The predicted octanol–water partition coefficient (Wildman–Crippen LogP) is 1.71. The van der Waals surface area contributed by atoms with E-state index in [9.17, 15) is 19.2 Å². The van der Waals surface area contributed by atoms with E-state index >= 15 is 0 Å². The third-order valence-corrected chi connectivity index (χ3v) is 4.35. The van der Waals surface area contributed by atoms with Crippen molar-refractivity contribution in [3.63, 3.8) is 0 Å². The van der Waals surface area contributed by atoms with Crippen LogP contribution in [0.4, 0.5) is 17.1 Å². The van der Waals surface area contributed by atoms with Crippen molar-refractivity contribution in [1.29, 1.82) is 0 Å². The molecule has 0 radical (unpaired) electrons. The second-order valence-corrected chi connectivity index (χ2v) is 6.96. The van der Waals surface area contributed by atoms with Crippen molar-refractivity contribution >= 4 is 40.7 Å². The Kier molecular flexibility index (Phi) is 6.01. The fourth-order valence-electron chi connectivity index (χ4n) is 2.95. The summed E-state index contributed by atoms with van der Waals surface area (Å²) in [6.07, 6.45) is 0. The maximum Gasteiger partial charge on any atom is 0.265 e. The number of nitrogens with zero attached hydrogens (tertiary/aromatic N) is 2. The minimum atomic E-state index is -0.409. The summed E-state index contributed by atoms with van der Waals surface area (Å²) in [6, 6.07) is 11.4. The minimum absolute atomic E-state index is 0.188. The number of carbonyl (C=O) groups excluding carboxylic acids is 4. The molecule has 2 aromatic carbocycles. The van der Waals surface area contributed by atoms with Gasteiger partial charge in [0.15, 0.2) is 6.61 Å². The van der Waals surface area contributed by atoms with E-state index in [1.165, 1.54) is 16.7 Å². The minimum Gasteiger partial charge on any atom is -0.482 e. The Morgan fingerprint density at radius 3 is 2.27 bits per heavy atom. The molecule has 1 aliphatic rings. The van der Waals surface area contributed by atoms with Crippen LogP contribution in [-0.4, -0.2) is 55.8 Å². The molecule has 9 heteroatoms. The molecule has 4 amide bonds. The molecule has 0 aliphatic carbocycles. The van der Waals surface area contributed by atoms with Gasteiger partial charge < -0.3 is 20.3 Å². The lowest BCUT2D eigenvalue weighted by atomic mass is 10.1. The van der Waals surface area contributed by atoms with Gasteiger partial charge in [-0.15, -0.1) is 0 Å². The molecule has 156 valence electrons.